The lowest BCUT2D eigenvalue weighted by Crippen LogP contribution is -2.30. The molecule has 14 heavy (non-hydrogen) atoms. The third-order valence-corrected chi connectivity index (χ3v) is 4.18. The fraction of sp³-hybridized carbons (Fsp3) is 0.455. The Labute approximate surface area is 97.8 Å². The predicted molar refractivity (Wildman–Crippen MR) is 67.1 cm³/mol. The number of benzene rings is 1. The quantitative estimate of drug-likeness (QED) is 0.829. The number of halogens is 1. The third-order valence-electron chi connectivity index (χ3n) is 2.51. The average molecular weight is 272 g/mol. The molecule has 0 aliphatic carbocycles. The van der Waals surface area contributed by atoms with E-state index in [9.17, 15) is 0 Å². The van der Waals surface area contributed by atoms with Crippen LogP contribution in [0.5, 0.6) is 0 Å². The van der Waals surface area contributed by atoms with Gasteiger partial charge >= 0.3 is 0 Å². The van der Waals surface area contributed by atoms with Gasteiger partial charge in [-0.15, -0.1) is 11.8 Å². The van der Waals surface area contributed by atoms with Crippen molar-refractivity contribution in [2.45, 2.75) is 24.8 Å². The van der Waals surface area contributed by atoms with E-state index in [1.54, 1.807) is 0 Å². The molecule has 1 unspecified atom stereocenters. The van der Waals surface area contributed by atoms with Gasteiger partial charge in [-0.05, 0) is 24.1 Å². The van der Waals surface area contributed by atoms with Crippen molar-refractivity contribution < 1.29 is 0 Å². The minimum absolute atomic E-state index is 0.605. The molecular weight excluding hydrogens is 258 g/mol. The van der Waals surface area contributed by atoms with Gasteiger partial charge in [0.1, 0.15) is 0 Å². The van der Waals surface area contributed by atoms with Crippen molar-refractivity contribution in [3.05, 3.63) is 22.7 Å². The Morgan fingerprint density at radius 3 is 3.00 bits per heavy atom. The summed E-state index contributed by atoms with van der Waals surface area (Å²) >= 11 is 5.44. The number of nitrogens with one attached hydrogen (secondary N) is 1. The minimum Gasteiger partial charge on any atom is -0.380 e. The molecule has 0 aromatic heterocycles. The first-order chi connectivity index (χ1) is 6.66. The summed E-state index contributed by atoms with van der Waals surface area (Å²) in [6.07, 6.45) is 0. The maximum atomic E-state index is 3.58. The van der Waals surface area contributed by atoms with Gasteiger partial charge in [0.15, 0.2) is 0 Å². The van der Waals surface area contributed by atoms with Crippen molar-refractivity contribution in [1.29, 1.82) is 0 Å². The molecule has 1 aromatic carbocycles. The molecule has 0 fully saturated rings. The molecule has 2 rings (SSSR count). The highest BCUT2D eigenvalue weighted by atomic mass is 79.9. The Hall–Kier alpha value is -0.150. The highest BCUT2D eigenvalue weighted by molar-refractivity contribution is 9.10. The second-order valence-electron chi connectivity index (χ2n) is 3.95. The van der Waals surface area contributed by atoms with Crippen LogP contribution in [0.2, 0.25) is 0 Å². The number of thioether (sulfide) groups is 1. The van der Waals surface area contributed by atoms with Crippen LogP contribution < -0.4 is 5.32 Å². The van der Waals surface area contributed by atoms with E-state index < -0.39 is 0 Å². The van der Waals surface area contributed by atoms with Crippen LogP contribution in [-0.2, 0) is 0 Å². The maximum Gasteiger partial charge on any atom is 0.0481 e. The van der Waals surface area contributed by atoms with E-state index in [2.05, 4.69) is 53.3 Å². The molecule has 1 nitrogen and oxygen atoms in total. The van der Waals surface area contributed by atoms with Crippen LogP contribution in [-0.4, -0.2) is 11.8 Å². The largest absolute Gasteiger partial charge is 0.380 e. The van der Waals surface area contributed by atoms with Crippen LogP contribution in [0, 0.1) is 5.92 Å². The molecule has 1 N–H and O–H groups in total. The fourth-order valence-electron chi connectivity index (χ4n) is 1.51. The number of hydrogen-bond acceptors (Lipinski definition) is 2. The van der Waals surface area contributed by atoms with E-state index in [-0.39, 0.29) is 0 Å². The van der Waals surface area contributed by atoms with Crippen molar-refractivity contribution in [3.8, 4) is 0 Å². The van der Waals surface area contributed by atoms with Crippen LogP contribution in [0.15, 0.2) is 27.6 Å². The van der Waals surface area contributed by atoms with Crippen LogP contribution in [0.1, 0.15) is 13.8 Å². The normalized spacial score (nSPS) is 20.4. The first-order valence-corrected chi connectivity index (χ1v) is 6.63. The van der Waals surface area contributed by atoms with E-state index in [1.807, 2.05) is 11.8 Å². The Kier molecular flexibility index (Phi) is 3.07. The van der Waals surface area contributed by atoms with E-state index in [1.165, 1.54) is 16.3 Å². The summed E-state index contributed by atoms with van der Waals surface area (Å²) in [5.74, 6) is 1.86. The van der Waals surface area contributed by atoms with E-state index in [0.717, 1.165) is 4.47 Å². The summed E-state index contributed by atoms with van der Waals surface area (Å²) in [4.78, 5) is 1.36. The van der Waals surface area contributed by atoms with Gasteiger partial charge in [0, 0.05) is 26.9 Å². The summed E-state index contributed by atoms with van der Waals surface area (Å²) in [7, 11) is 0. The van der Waals surface area contributed by atoms with Gasteiger partial charge < -0.3 is 5.32 Å². The van der Waals surface area contributed by atoms with Gasteiger partial charge in [0.2, 0.25) is 0 Å². The molecule has 0 saturated carbocycles. The standard InChI is InChI=1S/C11H14BrNS/c1-7(2)10-6-14-11-5-8(12)3-4-9(11)13-10/h3-5,7,10,13H,6H2,1-2H3. The van der Waals surface area contributed by atoms with E-state index in [4.69, 9.17) is 0 Å². The van der Waals surface area contributed by atoms with Gasteiger partial charge in [-0.2, -0.15) is 0 Å². The molecule has 76 valence electrons. The Balaban J connectivity index is 2.23. The molecule has 0 bridgehead atoms. The lowest BCUT2D eigenvalue weighted by Gasteiger charge is -2.29. The van der Waals surface area contributed by atoms with Gasteiger partial charge in [-0.25, -0.2) is 0 Å². The van der Waals surface area contributed by atoms with Gasteiger partial charge in [0.25, 0.3) is 0 Å². The smallest absolute Gasteiger partial charge is 0.0481 e. The molecule has 0 radical (unpaired) electrons. The molecule has 1 aromatic rings. The zero-order chi connectivity index (χ0) is 10.1. The molecule has 3 heteroatoms. The van der Waals surface area contributed by atoms with Crippen LogP contribution in [0.25, 0.3) is 0 Å². The molecule has 1 aliphatic rings. The monoisotopic (exact) mass is 271 g/mol. The predicted octanol–water partition coefficient (Wildman–Crippen LogP) is 3.99. The van der Waals surface area contributed by atoms with Gasteiger partial charge in [0.05, 0.1) is 0 Å². The second-order valence-corrected chi connectivity index (χ2v) is 5.92. The Morgan fingerprint density at radius 1 is 1.50 bits per heavy atom. The third kappa shape index (κ3) is 2.09. The number of rotatable bonds is 1. The van der Waals surface area contributed by atoms with Crippen LogP contribution in [0.3, 0.4) is 0 Å². The van der Waals surface area contributed by atoms with Crippen LogP contribution >= 0.6 is 27.7 Å². The lowest BCUT2D eigenvalue weighted by molar-refractivity contribution is 0.562. The molecule has 1 atom stereocenters. The maximum absolute atomic E-state index is 3.58. The first kappa shape index (κ1) is 10.4. The number of anilines is 1. The Bertz CT molecular complexity index is 338. The highest BCUT2D eigenvalue weighted by Crippen LogP contribution is 2.36. The van der Waals surface area contributed by atoms with Gasteiger partial charge in [-0.1, -0.05) is 29.8 Å². The van der Waals surface area contributed by atoms with E-state index in [0.29, 0.717) is 12.0 Å². The zero-order valence-electron chi connectivity index (χ0n) is 8.38. The first-order valence-electron chi connectivity index (χ1n) is 4.85. The van der Waals surface area contributed by atoms with Crippen molar-refractivity contribution in [2.24, 2.45) is 5.92 Å². The van der Waals surface area contributed by atoms with Crippen molar-refractivity contribution >= 4 is 33.4 Å². The zero-order valence-corrected chi connectivity index (χ0v) is 10.8. The second kappa shape index (κ2) is 4.15. The summed E-state index contributed by atoms with van der Waals surface area (Å²) in [5, 5.41) is 3.58. The highest BCUT2D eigenvalue weighted by Gasteiger charge is 2.20. The van der Waals surface area contributed by atoms with E-state index >= 15 is 0 Å². The average Bonchev–Trinajstić information content (AvgIpc) is 2.16. The van der Waals surface area contributed by atoms with Crippen molar-refractivity contribution in [2.75, 3.05) is 11.1 Å². The summed E-state index contributed by atoms with van der Waals surface area (Å²) < 4.78 is 1.16. The summed E-state index contributed by atoms with van der Waals surface area (Å²) in [6.45, 7) is 4.53. The van der Waals surface area contributed by atoms with Crippen molar-refractivity contribution in [1.82, 2.24) is 0 Å². The molecule has 0 spiro atoms. The number of fused-ring (bicyclic) bond motifs is 1. The molecular formula is C11H14BrNS. The summed E-state index contributed by atoms with van der Waals surface area (Å²) in [5.41, 5.74) is 1.28. The van der Waals surface area contributed by atoms with Crippen LogP contribution in [0.4, 0.5) is 5.69 Å². The SMILES string of the molecule is CC(C)C1CSc2cc(Br)ccc2N1. The van der Waals surface area contributed by atoms with Crippen molar-refractivity contribution in [3.63, 3.8) is 0 Å². The topological polar surface area (TPSA) is 12.0 Å². The molecule has 0 saturated heterocycles. The summed E-state index contributed by atoms with van der Waals surface area (Å²) in [6, 6.07) is 7.04. The molecule has 1 aliphatic heterocycles. The molecule has 0 amide bonds. The Morgan fingerprint density at radius 2 is 2.29 bits per heavy atom. The fourth-order valence-corrected chi connectivity index (χ4v) is 3.35. The minimum atomic E-state index is 0.605. The lowest BCUT2D eigenvalue weighted by atomic mass is 10.1. The van der Waals surface area contributed by atoms with Gasteiger partial charge in [-0.3, -0.25) is 0 Å². The number of hydrogen-bond donors (Lipinski definition) is 1. The molecule has 1 heterocycles.